The molecule has 2 aliphatic heterocycles. The number of benzene rings is 1. The van der Waals surface area contributed by atoms with Crippen LogP contribution in [-0.4, -0.2) is 69.8 Å². The van der Waals surface area contributed by atoms with Gasteiger partial charge in [0, 0.05) is 18.6 Å². The predicted molar refractivity (Wildman–Crippen MR) is 120 cm³/mol. The van der Waals surface area contributed by atoms with E-state index in [9.17, 15) is 35.9 Å². The largest absolute Gasteiger partial charge is 0.445 e. The number of fused-ring (bicyclic) bond motifs is 1. The first-order valence-corrected chi connectivity index (χ1v) is 11.8. The molecule has 0 radical (unpaired) electrons. The lowest BCUT2D eigenvalue weighted by Crippen LogP contribution is -2.54. The highest BCUT2D eigenvalue weighted by Gasteiger charge is 2.37. The molecule has 1 amide bonds. The van der Waals surface area contributed by atoms with E-state index in [2.05, 4.69) is 5.10 Å². The standard InChI is InChI=1S/C24H26F6N4O4/c1-22(2)14-37-6-5-33(22)12-20(35)19-10-18-11-32(3-4-34(18)31-19)21(36)38-13-15-7-16(23(25,26)27)9-17(8-15)24(28,29)30/h7-10H,3-6,11-14H2,1-2H3. The van der Waals surface area contributed by atoms with E-state index in [1.807, 2.05) is 18.7 Å². The van der Waals surface area contributed by atoms with E-state index in [0.717, 1.165) is 0 Å². The fourth-order valence-electron chi connectivity index (χ4n) is 4.34. The lowest BCUT2D eigenvalue weighted by atomic mass is 10.0. The van der Waals surface area contributed by atoms with Crippen molar-refractivity contribution in [1.29, 1.82) is 0 Å². The lowest BCUT2D eigenvalue weighted by Gasteiger charge is -2.41. The highest BCUT2D eigenvalue weighted by atomic mass is 19.4. The van der Waals surface area contributed by atoms with Gasteiger partial charge < -0.3 is 14.4 Å². The predicted octanol–water partition coefficient (Wildman–Crippen LogP) is 4.37. The van der Waals surface area contributed by atoms with Crippen LogP contribution in [0.5, 0.6) is 0 Å². The number of morpholine rings is 1. The molecule has 208 valence electrons. The number of Topliss-reactive ketones (excluding diaryl/α,β-unsaturated/α-hetero) is 1. The molecule has 4 rings (SSSR count). The Kier molecular flexibility index (Phi) is 7.49. The van der Waals surface area contributed by atoms with E-state index in [1.54, 1.807) is 10.7 Å². The van der Waals surface area contributed by atoms with Crippen LogP contribution in [0.3, 0.4) is 0 Å². The molecule has 0 spiro atoms. The highest BCUT2D eigenvalue weighted by molar-refractivity contribution is 5.96. The Morgan fingerprint density at radius 1 is 1.00 bits per heavy atom. The van der Waals surface area contributed by atoms with Crippen LogP contribution in [0.2, 0.25) is 0 Å². The third-order valence-corrected chi connectivity index (χ3v) is 6.50. The summed E-state index contributed by atoms with van der Waals surface area (Å²) in [5.74, 6) is -0.194. The normalized spacial score (nSPS) is 18.3. The van der Waals surface area contributed by atoms with Gasteiger partial charge >= 0.3 is 18.4 Å². The van der Waals surface area contributed by atoms with Crippen molar-refractivity contribution < 1.29 is 45.4 Å². The minimum absolute atomic E-state index is 0.00995. The van der Waals surface area contributed by atoms with Gasteiger partial charge in [0.05, 0.1) is 49.7 Å². The SMILES string of the molecule is CC1(C)COCCN1CC(=O)c1cc2n(n1)CCN(C(=O)OCc1cc(C(F)(F)F)cc(C(F)(F)F)c1)C2. The first-order valence-electron chi connectivity index (χ1n) is 11.8. The van der Waals surface area contributed by atoms with Crippen LogP contribution in [0.1, 0.15) is 46.7 Å². The van der Waals surface area contributed by atoms with Crippen molar-refractivity contribution in [2.75, 3.05) is 32.8 Å². The summed E-state index contributed by atoms with van der Waals surface area (Å²) in [7, 11) is 0. The Balaban J connectivity index is 1.39. The number of nitrogens with zero attached hydrogens (tertiary/aromatic N) is 4. The minimum atomic E-state index is -5.00. The first-order chi connectivity index (χ1) is 17.6. The molecule has 0 saturated carbocycles. The van der Waals surface area contributed by atoms with Gasteiger partial charge in [-0.25, -0.2) is 4.79 Å². The molecular weight excluding hydrogens is 522 g/mol. The number of hydrogen-bond acceptors (Lipinski definition) is 6. The van der Waals surface area contributed by atoms with E-state index in [-0.39, 0.29) is 49.3 Å². The number of carbonyl (C=O) groups excluding carboxylic acids is 2. The molecule has 0 bridgehead atoms. The molecule has 1 aromatic heterocycles. The average molecular weight is 548 g/mol. The van der Waals surface area contributed by atoms with Crippen molar-refractivity contribution >= 4 is 11.9 Å². The molecule has 14 heteroatoms. The molecule has 0 atom stereocenters. The van der Waals surface area contributed by atoms with Crippen molar-refractivity contribution in [1.82, 2.24) is 19.6 Å². The maximum atomic E-state index is 13.1. The summed E-state index contributed by atoms with van der Waals surface area (Å²) in [5, 5.41) is 4.33. The summed E-state index contributed by atoms with van der Waals surface area (Å²) in [6.07, 6.45) is -10.9. The zero-order valence-electron chi connectivity index (χ0n) is 20.7. The molecule has 1 saturated heterocycles. The van der Waals surface area contributed by atoms with E-state index in [1.165, 1.54) is 4.90 Å². The molecule has 2 aliphatic rings. The van der Waals surface area contributed by atoms with Crippen molar-refractivity contribution in [3.8, 4) is 0 Å². The summed E-state index contributed by atoms with van der Waals surface area (Å²) >= 11 is 0. The number of halogens is 6. The monoisotopic (exact) mass is 548 g/mol. The summed E-state index contributed by atoms with van der Waals surface area (Å²) in [4.78, 5) is 28.7. The fraction of sp³-hybridized carbons (Fsp3) is 0.542. The smallest absolute Gasteiger partial charge is 0.416 e. The summed E-state index contributed by atoms with van der Waals surface area (Å²) in [6, 6.07) is 2.61. The van der Waals surface area contributed by atoms with Gasteiger partial charge in [-0.05, 0) is 43.7 Å². The third kappa shape index (κ3) is 6.29. The molecule has 38 heavy (non-hydrogen) atoms. The first kappa shape index (κ1) is 27.9. The topological polar surface area (TPSA) is 76.9 Å². The van der Waals surface area contributed by atoms with Crippen LogP contribution in [0, 0.1) is 0 Å². The highest BCUT2D eigenvalue weighted by Crippen LogP contribution is 2.36. The van der Waals surface area contributed by atoms with Crippen LogP contribution < -0.4 is 0 Å². The number of aromatic nitrogens is 2. The lowest BCUT2D eigenvalue weighted by molar-refractivity contribution is -0.143. The number of hydrogen-bond donors (Lipinski definition) is 0. The molecule has 0 N–H and O–H groups in total. The molecule has 8 nitrogen and oxygen atoms in total. The zero-order chi connectivity index (χ0) is 27.9. The molecule has 1 aromatic carbocycles. The molecule has 0 aliphatic carbocycles. The maximum Gasteiger partial charge on any atom is 0.416 e. The van der Waals surface area contributed by atoms with Gasteiger partial charge in [0.15, 0.2) is 5.78 Å². The van der Waals surface area contributed by atoms with Gasteiger partial charge in [-0.3, -0.25) is 14.4 Å². The minimum Gasteiger partial charge on any atom is -0.445 e. The van der Waals surface area contributed by atoms with Gasteiger partial charge in [0.1, 0.15) is 12.3 Å². The Morgan fingerprint density at radius 2 is 1.66 bits per heavy atom. The Hall–Kier alpha value is -3.13. The maximum absolute atomic E-state index is 13.1. The number of alkyl halides is 6. The van der Waals surface area contributed by atoms with Crippen LogP contribution in [0.25, 0.3) is 0 Å². The summed E-state index contributed by atoms with van der Waals surface area (Å²) in [5.41, 5.74) is -2.94. The third-order valence-electron chi connectivity index (χ3n) is 6.50. The Morgan fingerprint density at radius 3 is 2.26 bits per heavy atom. The zero-order valence-corrected chi connectivity index (χ0v) is 20.7. The van der Waals surface area contributed by atoms with Gasteiger partial charge in [-0.15, -0.1) is 0 Å². The van der Waals surface area contributed by atoms with E-state index < -0.39 is 41.7 Å². The van der Waals surface area contributed by atoms with Crippen molar-refractivity contribution in [3.05, 3.63) is 52.3 Å². The number of rotatable bonds is 5. The molecular formula is C24H26F6N4O4. The van der Waals surface area contributed by atoms with Crippen LogP contribution >= 0.6 is 0 Å². The second-order valence-electron chi connectivity index (χ2n) is 9.84. The number of amides is 1. The number of carbonyl (C=O) groups is 2. The molecule has 1 fully saturated rings. The number of ketones is 1. The van der Waals surface area contributed by atoms with E-state index >= 15 is 0 Å². The van der Waals surface area contributed by atoms with E-state index in [4.69, 9.17) is 9.47 Å². The van der Waals surface area contributed by atoms with Crippen molar-refractivity contribution in [2.24, 2.45) is 0 Å². The van der Waals surface area contributed by atoms with Crippen molar-refractivity contribution in [2.45, 2.75) is 51.4 Å². The van der Waals surface area contributed by atoms with Gasteiger partial charge in [0.25, 0.3) is 0 Å². The van der Waals surface area contributed by atoms with Gasteiger partial charge in [0.2, 0.25) is 0 Å². The summed E-state index contributed by atoms with van der Waals surface area (Å²) in [6.45, 7) is 5.32. The molecule has 0 unspecified atom stereocenters. The molecule has 2 aromatic rings. The molecule has 3 heterocycles. The van der Waals surface area contributed by atoms with Gasteiger partial charge in [-0.1, -0.05) is 0 Å². The van der Waals surface area contributed by atoms with E-state index in [0.29, 0.717) is 37.6 Å². The van der Waals surface area contributed by atoms with Crippen LogP contribution in [0.15, 0.2) is 24.3 Å². The quantitative estimate of drug-likeness (QED) is 0.408. The van der Waals surface area contributed by atoms with Crippen molar-refractivity contribution in [3.63, 3.8) is 0 Å². The Labute approximate surface area is 214 Å². The van der Waals surface area contributed by atoms with Gasteiger partial charge in [-0.2, -0.15) is 31.4 Å². The second kappa shape index (κ2) is 10.2. The average Bonchev–Trinajstić information content (AvgIpc) is 3.26. The fourth-order valence-corrected chi connectivity index (χ4v) is 4.34. The Bertz CT molecular complexity index is 1180. The number of ether oxygens (including phenoxy) is 2. The summed E-state index contributed by atoms with van der Waals surface area (Å²) < 4.78 is 90.5. The van der Waals surface area contributed by atoms with Crippen LogP contribution in [-0.2, 0) is 41.5 Å². The van der Waals surface area contributed by atoms with Crippen LogP contribution in [0.4, 0.5) is 31.1 Å². The second-order valence-corrected chi connectivity index (χ2v) is 9.84.